The maximum atomic E-state index is 6.12. The molecule has 1 unspecified atom stereocenters. The van der Waals surface area contributed by atoms with Crippen LogP contribution in [-0.4, -0.2) is 17.5 Å². The Labute approximate surface area is 119 Å². The van der Waals surface area contributed by atoms with Crippen LogP contribution in [-0.2, 0) is 5.54 Å². The third-order valence-electron chi connectivity index (χ3n) is 3.75. The molecular formula is C16H18N4. The fourth-order valence-electron chi connectivity index (χ4n) is 2.69. The number of benzene rings is 1. The first-order valence-electron chi connectivity index (χ1n) is 6.69. The number of anilines is 1. The molecule has 4 heteroatoms. The van der Waals surface area contributed by atoms with Gasteiger partial charge in [-0.3, -0.25) is 14.9 Å². The summed E-state index contributed by atoms with van der Waals surface area (Å²) in [5, 5.41) is 0. The lowest BCUT2D eigenvalue weighted by Crippen LogP contribution is -2.48. The molecule has 2 aromatic rings. The van der Waals surface area contributed by atoms with E-state index in [2.05, 4.69) is 46.9 Å². The van der Waals surface area contributed by atoms with Crippen molar-refractivity contribution in [1.82, 2.24) is 4.98 Å². The molecule has 0 bridgehead atoms. The second-order valence-electron chi connectivity index (χ2n) is 5.34. The largest absolute Gasteiger partial charge is 0.369 e. The minimum absolute atomic E-state index is 0.334. The third kappa shape index (κ3) is 1.93. The number of pyridine rings is 1. The smallest absolute Gasteiger partial charge is 0.196 e. The van der Waals surface area contributed by atoms with Crippen LogP contribution in [0.15, 0.2) is 53.7 Å². The van der Waals surface area contributed by atoms with E-state index in [4.69, 9.17) is 5.73 Å². The van der Waals surface area contributed by atoms with Gasteiger partial charge in [-0.2, -0.15) is 0 Å². The molecule has 2 heterocycles. The lowest BCUT2D eigenvalue weighted by Gasteiger charge is -2.35. The maximum absolute atomic E-state index is 6.12. The summed E-state index contributed by atoms with van der Waals surface area (Å²) >= 11 is 0. The molecule has 3 rings (SSSR count). The zero-order valence-electron chi connectivity index (χ0n) is 11.7. The number of aryl methyl sites for hydroxylation is 1. The van der Waals surface area contributed by atoms with Gasteiger partial charge in [-0.15, -0.1) is 0 Å². The van der Waals surface area contributed by atoms with Gasteiger partial charge in [0.1, 0.15) is 5.54 Å². The van der Waals surface area contributed by atoms with Crippen molar-refractivity contribution in [3.8, 4) is 0 Å². The second kappa shape index (κ2) is 4.63. The Kier molecular flexibility index (Phi) is 2.93. The van der Waals surface area contributed by atoms with Crippen LogP contribution in [0.3, 0.4) is 0 Å². The molecule has 0 radical (unpaired) electrons. The first-order chi connectivity index (χ1) is 9.61. The van der Waals surface area contributed by atoms with Crippen molar-refractivity contribution in [2.45, 2.75) is 19.4 Å². The van der Waals surface area contributed by atoms with E-state index in [0.29, 0.717) is 12.5 Å². The molecule has 20 heavy (non-hydrogen) atoms. The average molecular weight is 266 g/mol. The molecule has 0 aliphatic carbocycles. The highest BCUT2D eigenvalue weighted by Gasteiger charge is 2.41. The number of aromatic nitrogens is 1. The fourth-order valence-corrected chi connectivity index (χ4v) is 2.69. The molecular weight excluding hydrogens is 248 g/mol. The Morgan fingerprint density at radius 1 is 1.20 bits per heavy atom. The first-order valence-corrected chi connectivity index (χ1v) is 6.69. The van der Waals surface area contributed by atoms with Crippen molar-refractivity contribution in [3.63, 3.8) is 0 Å². The van der Waals surface area contributed by atoms with Gasteiger partial charge < -0.3 is 5.73 Å². The summed E-state index contributed by atoms with van der Waals surface area (Å²) in [6, 6.07) is 14.2. The van der Waals surface area contributed by atoms with E-state index < -0.39 is 0 Å². The summed E-state index contributed by atoms with van der Waals surface area (Å²) < 4.78 is 0. The molecule has 0 amide bonds. The van der Waals surface area contributed by atoms with Crippen LogP contribution in [0.2, 0.25) is 0 Å². The predicted octanol–water partition coefficient (Wildman–Crippen LogP) is 2.44. The van der Waals surface area contributed by atoms with Gasteiger partial charge in [0.15, 0.2) is 5.96 Å². The Morgan fingerprint density at radius 3 is 2.75 bits per heavy atom. The minimum atomic E-state index is -0.334. The van der Waals surface area contributed by atoms with Gasteiger partial charge in [-0.25, -0.2) is 0 Å². The molecule has 4 nitrogen and oxygen atoms in total. The zero-order chi connectivity index (χ0) is 14.2. The van der Waals surface area contributed by atoms with Gasteiger partial charge in [0.05, 0.1) is 12.2 Å². The van der Waals surface area contributed by atoms with Crippen molar-refractivity contribution in [2.24, 2.45) is 10.7 Å². The van der Waals surface area contributed by atoms with Crippen LogP contribution < -0.4 is 10.6 Å². The molecule has 1 aromatic heterocycles. The van der Waals surface area contributed by atoms with Crippen LogP contribution >= 0.6 is 0 Å². The summed E-state index contributed by atoms with van der Waals surface area (Å²) in [4.78, 5) is 11.0. The molecule has 1 aromatic carbocycles. The van der Waals surface area contributed by atoms with E-state index in [1.54, 1.807) is 0 Å². The van der Waals surface area contributed by atoms with Crippen molar-refractivity contribution in [3.05, 3.63) is 59.9 Å². The Hall–Kier alpha value is -2.36. The highest BCUT2D eigenvalue weighted by Crippen LogP contribution is 2.35. The van der Waals surface area contributed by atoms with Gasteiger partial charge >= 0.3 is 0 Å². The Balaban J connectivity index is 2.09. The summed E-state index contributed by atoms with van der Waals surface area (Å²) in [5.41, 5.74) is 9.02. The van der Waals surface area contributed by atoms with Crippen LogP contribution in [0.4, 0.5) is 5.69 Å². The molecule has 1 aliphatic heterocycles. The molecule has 0 fully saturated rings. The predicted molar refractivity (Wildman–Crippen MR) is 81.7 cm³/mol. The van der Waals surface area contributed by atoms with Crippen molar-refractivity contribution in [1.29, 1.82) is 0 Å². The van der Waals surface area contributed by atoms with Gasteiger partial charge in [0, 0.05) is 11.9 Å². The lowest BCUT2D eigenvalue weighted by atomic mass is 9.95. The molecule has 1 aliphatic rings. The zero-order valence-corrected chi connectivity index (χ0v) is 11.7. The van der Waals surface area contributed by atoms with E-state index in [-0.39, 0.29) is 5.54 Å². The van der Waals surface area contributed by atoms with Crippen molar-refractivity contribution in [2.75, 3.05) is 11.4 Å². The second-order valence-corrected chi connectivity index (χ2v) is 5.34. The maximum Gasteiger partial charge on any atom is 0.196 e. The summed E-state index contributed by atoms with van der Waals surface area (Å²) in [7, 11) is 0. The van der Waals surface area contributed by atoms with Crippen LogP contribution in [0, 0.1) is 6.92 Å². The topological polar surface area (TPSA) is 54.5 Å². The van der Waals surface area contributed by atoms with E-state index in [1.807, 2.05) is 30.5 Å². The Morgan fingerprint density at radius 2 is 2.05 bits per heavy atom. The van der Waals surface area contributed by atoms with Crippen LogP contribution in [0.5, 0.6) is 0 Å². The van der Waals surface area contributed by atoms with Crippen LogP contribution in [0.1, 0.15) is 18.2 Å². The molecule has 102 valence electrons. The van der Waals surface area contributed by atoms with Crippen molar-refractivity contribution >= 4 is 11.6 Å². The number of hydrogen-bond donors (Lipinski definition) is 1. The summed E-state index contributed by atoms with van der Waals surface area (Å²) in [6.07, 6.45) is 1.81. The molecule has 1 atom stereocenters. The van der Waals surface area contributed by atoms with Gasteiger partial charge in [0.2, 0.25) is 0 Å². The number of rotatable bonds is 2. The van der Waals surface area contributed by atoms with Gasteiger partial charge in [0.25, 0.3) is 0 Å². The Bertz CT molecular complexity index is 651. The molecule has 0 saturated carbocycles. The van der Waals surface area contributed by atoms with Gasteiger partial charge in [-0.1, -0.05) is 18.2 Å². The average Bonchev–Trinajstić information content (AvgIpc) is 2.77. The fraction of sp³-hybridized carbons (Fsp3) is 0.250. The van der Waals surface area contributed by atoms with Crippen molar-refractivity contribution < 1.29 is 0 Å². The SMILES string of the molecule is Cc1cccc(N2C(N)=NCC2(C)c2ccccn2)c1. The molecule has 0 saturated heterocycles. The highest BCUT2D eigenvalue weighted by atomic mass is 15.4. The van der Waals surface area contributed by atoms with E-state index in [0.717, 1.165) is 11.4 Å². The summed E-state index contributed by atoms with van der Waals surface area (Å²) in [6.45, 7) is 4.82. The number of guanidine groups is 1. The first kappa shape index (κ1) is 12.7. The monoisotopic (exact) mass is 266 g/mol. The standard InChI is InChI=1S/C16H18N4/c1-12-6-5-7-13(10-12)20-15(17)19-11-16(20,2)14-8-3-4-9-18-14/h3-10H,11H2,1-2H3,(H2,17,19). The van der Waals surface area contributed by atoms with E-state index >= 15 is 0 Å². The number of aliphatic imine (C=N–C) groups is 1. The molecule has 2 N–H and O–H groups in total. The van der Waals surface area contributed by atoms with Gasteiger partial charge in [-0.05, 0) is 43.7 Å². The quantitative estimate of drug-likeness (QED) is 0.908. The molecule has 0 spiro atoms. The number of nitrogens with two attached hydrogens (primary N) is 1. The highest BCUT2D eigenvalue weighted by molar-refractivity contribution is 5.98. The lowest BCUT2D eigenvalue weighted by molar-refractivity contribution is 0.516. The number of hydrogen-bond acceptors (Lipinski definition) is 4. The van der Waals surface area contributed by atoms with E-state index in [1.165, 1.54) is 5.56 Å². The minimum Gasteiger partial charge on any atom is -0.369 e. The van der Waals surface area contributed by atoms with E-state index in [9.17, 15) is 0 Å². The number of nitrogens with zero attached hydrogens (tertiary/aromatic N) is 3. The summed E-state index contributed by atoms with van der Waals surface area (Å²) in [5.74, 6) is 0.545. The normalized spacial score (nSPS) is 21.9. The third-order valence-corrected chi connectivity index (χ3v) is 3.75. The van der Waals surface area contributed by atoms with Crippen LogP contribution in [0.25, 0.3) is 0 Å².